The van der Waals surface area contributed by atoms with E-state index in [9.17, 15) is 8.42 Å². The third kappa shape index (κ3) is 3.70. The van der Waals surface area contributed by atoms with Gasteiger partial charge in [-0.2, -0.15) is 0 Å². The number of benzene rings is 2. The smallest absolute Gasteiger partial charge is 0.262 e. The number of aryl methyl sites for hydroxylation is 2. The molecule has 136 valence electrons. The topological polar surface area (TPSA) is 64.6 Å². The molecule has 5 nitrogen and oxygen atoms in total. The second-order valence-electron chi connectivity index (χ2n) is 5.88. The van der Waals surface area contributed by atoms with Crippen molar-refractivity contribution >= 4 is 27.3 Å². The first-order chi connectivity index (χ1) is 11.6. The maximum absolute atomic E-state index is 13.1. The van der Waals surface area contributed by atoms with Gasteiger partial charge in [0.25, 0.3) is 10.0 Å². The van der Waals surface area contributed by atoms with Gasteiger partial charge in [-0.05, 0) is 49.9 Å². The molecule has 0 bridgehead atoms. The van der Waals surface area contributed by atoms with Crippen LogP contribution in [0.25, 0.3) is 0 Å². The molecule has 0 heterocycles. The van der Waals surface area contributed by atoms with Gasteiger partial charge in [0.2, 0.25) is 0 Å². The predicted molar refractivity (Wildman–Crippen MR) is 101 cm³/mol. The summed E-state index contributed by atoms with van der Waals surface area (Å²) < 4.78 is 39.1. The zero-order chi connectivity index (χ0) is 18.9. The van der Waals surface area contributed by atoms with Gasteiger partial charge in [0.05, 0.1) is 29.8 Å². The minimum atomic E-state index is -3.82. The molecule has 0 radical (unpaired) electrons. The Hall–Kier alpha value is -1.92. The first kappa shape index (κ1) is 19.4. The summed E-state index contributed by atoms with van der Waals surface area (Å²) in [4.78, 5) is 0.279. The summed E-state index contributed by atoms with van der Waals surface area (Å²) in [5.41, 5.74) is 3.54. The molecule has 0 saturated carbocycles. The van der Waals surface area contributed by atoms with Crippen molar-refractivity contribution in [2.75, 3.05) is 18.9 Å². The molecule has 0 atom stereocenters. The molecular weight excluding hydrogens is 362 g/mol. The van der Waals surface area contributed by atoms with Gasteiger partial charge in [-0.3, -0.25) is 4.72 Å². The minimum absolute atomic E-state index is 0.265. The SMILES string of the molecule is COc1cc(NS(=O)(=O)c2c(C)c(C)cc(C)c2C)c(OC)cc1Cl. The highest BCUT2D eigenvalue weighted by Crippen LogP contribution is 2.37. The highest BCUT2D eigenvalue weighted by Gasteiger charge is 2.24. The Morgan fingerprint density at radius 1 is 0.880 bits per heavy atom. The number of ether oxygens (including phenoxy) is 2. The van der Waals surface area contributed by atoms with Crippen molar-refractivity contribution in [3.05, 3.63) is 45.5 Å². The Morgan fingerprint density at radius 2 is 1.40 bits per heavy atom. The average molecular weight is 384 g/mol. The molecule has 2 aromatic rings. The first-order valence-corrected chi connectivity index (χ1v) is 9.50. The van der Waals surface area contributed by atoms with Gasteiger partial charge in [-0.25, -0.2) is 8.42 Å². The highest BCUT2D eigenvalue weighted by molar-refractivity contribution is 7.92. The van der Waals surface area contributed by atoms with Crippen LogP contribution in [0.15, 0.2) is 23.1 Å². The van der Waals surface area contributed by atoms with Crippen LogP contribution in [0.5, 0.6) is 11.5 Å². The Morgan fingerprint density at radius 3 is 1.88 bits per heavy atom. The second-order valence-corrected chi connectivity index (χ2v) is 7.91. The summed E-state index contributed by atoms with van der Waals surface area (Å²) in [5, 5.41) is 0.334. The van der Waals surface area contributed by atoms with Crippen LogP contribution in [0.2, 0.25) is 5.02 Å². The summed E-state index contributed by atoms with van der Waals surface area (Å²) in [7, 11) is -0.909. The van der Waals surface area contributed by atoms with E-state index in [4.69, 9.17) is 21.1 Å². The van der Waals surface area contributed by atoms with Crippen LogP contribution in [0.3, 0.4) is 0 Å². The van der Waals surface area contributed by atoms with Crippen molar-refractivity contribution in [2.45, 2.75) is 32.6 Å². The van der Waals surface area contributed by atoms with Gasteiger partial charge < -0.3 is 9.47 Å². The first-order valence-electron chi connectivity index (χ1n) is 7.64. The average Bonchev–Trinajstić information content (AvgIpc) is 2.54. The fraction of sp³-hybridized carbons (Fsp3) is 0.333. The van der Waals surface area contributed by atoms with Gasteiger partial charge in [-0.1, -0.05) is 17.7 Å². The third-order valence-electron chi connectivity index (χ3n) is 4.28. The number of hydrogen-bond donors (Lipinski definition) is 1. The van der Waals surface area contributed by atoms with Crippen LogP contribution >= 0.6 is 11.6 Å². The van der Waals surface area contributed by atoms with Crippen molar-refractivity contribution < 1.29 is 17.9 Å². The van der Waals surface area contributed by atoms with Gasteiger partial charge in [-0.15, -0.1) is 0 Å². The molecule has 0 unspecified atom stereocenters. The zero-order valence-corrected chi connectivity index (χ0v) is 16.7. The van der Waals surface area contributed by atoms with Crippen molar-refractivity contribution in [1.82, 2.24) is 0 Å². The van der Waals surface area contributed by atoms with E-state index in [2.05, 4.69) is 4.72 Å². The van der Waals surface area contributed by atoms with Gasteiger partial charge in [0.15, 0.2) is 0 Å². The second kappa shape index (κ2) is 7.14. The lowest BCUT2D eigenvalue weighted by Gasteiger charge is -2.18. The fourth-order valence-corrected chi connectivity index (χ4v) is 4.63. The number of sulfonamides is 1. The maximum atomic E-state index is 13.1. The molecule has 1 N–H and O–H groups in total. The van der Waals surface area contributed by atoms with Gasteiger partial charge in [0.1, 0.15) is 11.5 Å². The lowest BCUT2D eigenvalue weighted by Crippen LogP contribution is -2.17. The monoisotopic (exact) mass is 383 g/mol. The summed E-state index contributed by atoms with van der Waals surface area (Å²) in [6.45, 7) is 7.39. The van der Waals surface area contributed by atoms with Crippen molar-refractivity contribution in [2.24, 2.45) is 0 Å². The van der Waals surface area contributed by atoms with E-state index in [0.29, 0.717) is 16.5 Å². The van der Waals surface area contributed by atoms with Crippen LogP contribution in [0.1, 0.15) is 22.3 Å². The van der Waals surface area contributed by atoms with Crippen molar-refractivity contribution in [1.29, 1.82) is 0 Å². The van der Waals surface area contributed by atoms with Crippen LogP contribution < -0.4 is 14.2 Å². The third-order valence-corrected chi connectivity index (χ3v) is 6.22. The van der Waals surface area contributed by atoms with E-state index in [0.717, 1.165) is 22.3 Å². The van der Waals surface area contributed by atoms with E-state index < -0.39 is 10.0 Å². The number of nitrogens with one attached hydrogen (secondary N) is 1. The zero-order valence-electron chi connectivity index (χ0n) is 15.2. The van der Waals surface area contributed by atoms with Gasteiger partial charge in [0, 0.05) is 12.1 Å². The summed E-state index contributed by atoms with van der Waals surface area (Å²) in [6.07, 6.45) is 0. The Kier molecular flexibility index (Phi) is 5.54. The van der Waals surface area contributed by atoms with E-state index in [1.54, 1.807) is 13.8 Å². The molecule has 0 aliphatic carbocycles. The standard InChI is InChI=1S/C18H22ClNO4S/c1-10-7-11(2)13(4)18(12(10)3)25(21,22)20-15-9-16(23-5)14(19)8-17(15)24-6/h7-9,20H,1-6H3. The molecule has 0 saturated heterocycles. The maximum Gasteiger partial charge on any atom is 0.262 e. The minimum Gasteiger partial charge on any atom is -0.495 e. The summed E-state index contributed by atoms with van der Waals surface area (Å²) in [6, 6.07) is 5.00. The molecule has 0 fully saturated rings. The Bertz CT molecular complexity index is 897. The van der Waals surface area contributed by atoms with Gasteiger partial charge >= 0.3 is 0 Å². The number of anilines is 1. The highest BCUT2D eigenvalue weighted by atomic mass is 35.5. The molecule has 0 amide bonds. The van der Waals surface area contributed by atoms with Crippen LogP contribution in [0.4, 0.5) is 5.69 Å². The predicted octanol–water partition coefficient (Wildman–Crippen LogP) is 4.39. The van der Waals surface area contributed by atoms with E-state index in [-0.39, 0.29) is 10.6 Å². The quantitative estimate of drug-likeness (QED) is 0.831. The summed E-state index contributed by atoms with van der Waals surface area (Å²) in [5.74, 6) is 0.670. The lowest BCUT2D eigenvalue weighted by molar-refractivity contribution is 0.405. The van der Waals surface area contributed by atoms with Crippen molar-refractivity contribution in [3.8, 4) is 11.5 Å². The number of rotatable bonds is 5. The fourth-order valence-electron chi connectivity index (χ4n) is 2.72. The van der Waals surface area contributed by atoms with Crippen molar-refractivity contribution in [3.63, 3.8) is 0 Å². The van der Waals surface area contributed by atoms with Crippen LogP contribution in [0, 0.1) is 27.7 Å². The Balaban J connectivity index is 2.62. The molecule has 2 aromatic carbocycles. The molecule has 0 aliphatic heterocycles. The molecular formula is C18H22ClNO4S. The van der Waals surface area contributed by atoms with E-state index in [1.807, 2.05) is 19.9 Å². The largest absolute Gasteiger partial charge is 0.495 e. The van der Waals surface area contributed by atoms with E-state index in [1.165, 1.54) is 26.4 Å². The lowest BCUT2D eigenvalue weighted by atomic mass is 10.0. The molecule has 25 heavy (non-hydrogen) atoms. The molecule has 0 aromatic heterocycles. The number of methoxy groups -OCH3 is 2. The molecule has 0 spiro atoms. The number of hydrogen-bond acceptors (Lipinski definition) is 4. The van der Waals surface area contributed by atoms with E-state index >= 15 is 0 Å². The van der Waals surface area contributed by atoms with Crippen LogP contribution in [-0.2, 0) is 10.0 Å². The molecule has 0 aliphatic rings. The normalized spacial score (nSPS) is 11.3. The molecule has 7 heteroatoms. The molecule has 2 rings (SSSR count). The van der Waals surface area contributed by atoms with Crippen LogP contribution in [-0.4, -0.2) is 22.6 Å². The Labute approximate surface area is 154 Å². The summed E-state index contributed by atoms with van der Waals surface area (Å²) >= 11 is 6.08. The number of halogens is 1.